The zero-order valence-corrected chi connectivity index (χ0v) is 18.1. The van der Waals surface area contributed by atoms with E-state index >= 15 is 0 Å². The van der Waals surface area contributed by atoms with Crippen LogP contribution in [0, 0.1) is 11.7 Å². The second kappa shape index (κ2) is 10.3. The Kier molecular flexibility index (Phi) is 7.49. The molecule has 0 spiro atoms. The van der Waals surface area contributed by atoms with E-state index in [2.05, 4.69) is 20.3 Å². The van der Waals surface area contributed by atoms with Crippen molar-refractivity contribution < 1.29 is 18.7 Å². The van der Waals surface area contributed by atoms with Crippen LogP contribution in [0.1, 0.15) is 46.0 Å². The van der Waals surface area contributed by atoms with Crippen molar-refractivity contribution in [2.75, 3.05) is 23.9 Å². The van der Waals surface area contributed by atoms with Crippen LogP contribution in [0.2, 0.25) is 0 Å². The average molecular weight is 429 g/mol. The largest absolute Gasteiger partial charge is 0.469 e. The smallest absolute Gasteiger partial charge is 0.308 e. The first kappa shape index (κ1) is 22.6. The number of ether oxygens (including phenoxy) is 1. The fourth-order valence-electron chi connectivity index (χ4n) is 3.80. The standard InChI is InChI=1S/C22H28FN5O3/c1-4-19(29)28(5-2)18-8-6-7-17(26-18)20-16(23)13-24-22(27-20)25-15-11-9-14(10-12-15)21(30)31-3/h6-8,13-15H,4-5,9-12H2,1-3H3,(H,24,25,27). The van der Waals surface area contributed by atoms with Gasteiger partial charge in [0.2, 0.25) is 11.9 Å². The molecule has 31 heavy (non-hydrogen) atoms. The van der Waals surface area contributed by atoms with Crippen LogP contribution in [-0.4, -0.2) is 46.5 Å². The van der Waals surface area contributed by atoms with Gasteiger partial charge in [-0.15, -0.1) is 0 Å². The van der Waals surface area contributed by atoms with Crippen molar-refractivity contribution in [3.05, 3.63) is 30.2 Å². The molecule has 8 nitrogen and oxygen atoms in total. The Balaban J connectivity index is 1.77. The highest BCUT2D eigenvalue weighted by atomic mass is 19.1. The summed E-state index contributed by atoms with van der Waals surface area (Å²) >= 11 is 0. The van der Waals surface area contributed by atoms with E-state index in [1.54, 1.807) is 30.0 Å². The van der Waals surface area contributed by atoms with E-state index in [9.17, 15) is 14.0 Å². The van der Waals surface area contributed by atoms with E-state index in [0.717, 1.165) is 31.9 Å². The second-order valence-corrected chi connectivity index (χ2v) is 7.48. The summed E-state index contributed by atoms with van der Waals surface area (Å²) in [4.78, 5) is 38.3. The number of pyridine rings is 1. The molecule has 166 valence electrons. The van der Waals surface area contributed by atoms with Crippen LogP contribution in [0.15, 0.2) is 24.4 Å². The van der Waals surface area contributed by atoms with Crippen molar-refractivity contribution in [3.63, 3.8) is 0 Å². The summed E-state index contributed by atoms with van der Waals surface area (Å²) in [7, 11) is 1.40. The maximum absolute atomic E-state index is 14.5. The molecule has 0 saturated heterocycles. The van der Waals surface area contributed by atoms with Gasteiger partial charge < -0.3 is 10.1 Å². The molecule has 0 radical (unpaired) electrons. The number of nitrogens with one attached hydrogen (secondary N) is 1. The summed E-state index contributed by atoms with van der Waals surface area (Å²) in [6.45, 7) is 4.12. The lowest BCUT2D eigenvalue weighted by molar-refractivity contribution is -0.146. The lowest BCUT2D eigenvalue weighted by Crippen LogP contribution is -2.30. The lowest BCUT2D eigenvalue weighted by atomic mass is 9.86. The molecule has 1 amide bonds. The highest BCUT2D eigenvalue weighted by Gasteiger charge is 2.27. The third-order valence-electron chi connectivity index (χ3n) is 5.51. The van der Waals surface area contributed by atoms with E-state index in [4.69, 9.17) is 4.74 Å². The molecule has 1 saturated carbocycles. The van der Waals surface area contributed by atoms with Gasteiger partial charge in [0.15, 0.2) is 5.82 Å². The van der Waals surface area contributed by atoms with E-state index in [1.807, 2.05) is 6.92 Å². The number of esters is 1. The molecule has 0 unspecified atom stereocenters. The molecule has 1 fully saturated rings. The molecule has 1 N–H and O–H groups in total. The summed E-state index contributed by atoms with van der Waals surface area (Å²) in [6.07, 6.45) is 4.46. The first-order valence-corrected chi connectivity index (χ1v) is 10.6. The maximum Gasteiger partial charge on any atom is 0.308 e. The van der Waals surface area contributed by atoms with Gasteiger partial charge in [-0.05, 0) is 44.7 Å². The van der Waals surface area contributed by atoms with Crippen molar-refractivity contribution >= 4 is 23.6 Å². The van der Waals surface area contributed by atoms with Crippen LogP contribution in [0.25, 0.3) is 11.4 Å². The van der Waals surface area contributed by atoms with Gasteiger partial charge in [-0.2, -0.15) is 0 Å². The summed E-state index contributed by atoms with van der Waals surface area (Å²) in [5.41, 5.74) is 0.403. The number of halogens is 1. The Hall–Kier alpha value is -3.10. The van der Waals surface area contributed by atoms with E-state index in [0.29, 0.717) is 30.4 Å². The molecule has 0 atom stereocenters. The number of carbonyl (C=O) groups excluding carboxylic acids is 2. The molecule has 2 aromatic rings. The zero-order valence-electron chi connectivity index (χ0n) is 18.1. The van der Waals surface area contributed by atoms with E-state index in [-0.39, 0.29) is 29.5 Å². The van der Waals surface area contributed by atoms with Crippen LogP contribution in [0.4, 0.5) is 16.2 Å². The predicted molar refractivity (Wildman–Crippen MR) is 115 cm³/mol. The fraction of sp³-hybridized carbons (Fsp3) is 0.500. The Labute approximate surface area is 181 Å². The Morgan fingerprint density at radius 1 is 1.19 bits per heavy atom. The third-order valence-corrected chi connectivity index (χ3v) is 5.51. The number of amides is 1. The van der Waals surface area contributed by atoms with Gasteiger partial charge in [0.1, 0.15) is 11.5 Å². The first-order valence-electron chi connectivity index (χ1n) is 10.6. The maximum atomic E-state index is 14.5. The van der Waals surface area contributed by atoms with E-state index < -0.39 is 5.82 Å². The molecule has 3 rings (SSSR count). The van der Waals surface area contributed by atoms with Gasteiger partial charge in [-0.3, -0.25) is 14.5 Å². The minimum atomic E-state index is -0.588. The van der Waals surface area contributed by atoms with Gasteiger partial charge in [0, 0.05) is 19.0 Å². The highest BCUT2D eigenvalue weighted by molar-refractivity contribution is 5.92. The van der Waals surface area contributed by atoms with Crippen LogP contribution in [0.3, 0.4) is 0 Å². The summed E-state index contributed by atoms with van der Waals surface area (Å²) in [5, 5.41) is 3.24. The Morgan fingerprint density at radius 3 is 2.58 bits per heavy atom. The van der Waals surface area contributed by atoms with Gasteiger partial charge in [-0.25, -0.2) is 19.3 Å². The monoisotopic (exact) mass is 429 g/mol. The molecule has 1 aliphatic carbocycles. The summed E-state index contributed by atoms with van der Waals surface area (Å²) < 4.78 is 19.3. The van der Waals surface area contributed by atoms with Crippen LogP contribution in [-0.2, 0) is 14.3 Å². The number of carbonyl (C=O) groups is 2. The number of aromatic nitrogens is 3. The Morgan fingerprint density at radius 2 is 1.94 bits per heavy atom. The first-order chi connectivity index (χ1) is 15.0. The van der Waals surface area contributed by atoms with Crippen LogP contribution < -0.4 is 10.2 Å². The SMILES string of the molecule is CCC(=O)N(CC)c1cccc(-c2nc(NC3CCC(C(=O)OC)CC3)ncc2F)n1. The minimum absolute atomic E-state index is 0.0553. The number of rotatable bonds is 7. The number of hydrogen-bond acceptors (Lipinski definition) is 7. The molecule has 0 bridgehead atoms. The molecule has 9 heteroatoms. The molecule has 0 aliphatic heterocycles. The number of methoxy groups -OCH3 is 1. The van der Waals surface area contributed by atoms with Crippen LogP contribution in [0.5, 0.6) is 0 Å². The molecular weight excluding hydrogens is 401 g/mol. The quantitative estimate of drug-likeness (QED) is 0.672. The second-order valence-electron chi connectivity index (χ2n) is 7.48. The van der Waals surface area contributed by atoms with E-state index in [1.165, 1.54) is 7.11 Å². The third kappa shape index (κ3) is 5.34. The average Bonchev–Trinajstić information content (AvgIpc) is 2.80. The van der Waals surface area contributed by atoms with Gasteiger partial charge in [0.25, 0.3) is 0 Å². The van der Waals surface area contributed by atoms with Gasteiger partial charge in [-0.1, -0.05) is 13.0 Å². The van der Waals surface area contributed by atoms with Gasteiger partial charge >= 0.3 is 5.97 Å². The number of hydrogen-bond donors (Lipinski definition) is 1. The highest BCUT2D eigenvalue weighted by Crippen LogP contribution is 2.28. The minimum Gasteiger partial charge on any atom is -0.469 e. The fourth-order valence-corrected chi connectivity index (χ4v) is 3.80. The summed E-state index contributed by atoms with van der Waals surface area (Å²) in [5.74, 6) is -0.128. The predicted octanol–water partition coefficient (Wildman–Crippen LogP) is 3.58. The molecule has 2 heterocycles. The normalized spacial score (nSPS) is 18.3. The van der Waals surface area contributed by atoms with Crippen molar-refractivity contribution in [2.45, 2.75) is 52.0 Å². The van der Waals surface area contributed by atoms with Crippen molar-refractivity contribution in [3.8, 4) is 11.4 Å². The zero-order chi connectivity index (χ0) is 22.4. The molecule has 1 aliphatic rings. The summed E-state index contributed by atoms with van der Waals surface area (Å²) in [6, 6.07) is 5.20. The lowest BCUT2D eigenvalue weighted by Gasteiger charge is -2.27. The molecular formula is C22H28FN5O3. The molecule has 0 aromatic carbocycles. The number of nitrogens with zero attached hydrogens (tertiary/aromatic N) is 4. The van der Waals surface area contributed by atoms with Crippen molar-refractivity contribution in [1.29, 1.82) is 0 Å². The molecule has 2 aromatic heterocycles. The Bertz CT molecular complexity index is 931. The van der Waals surface area contributed by atoms with Crippen molar-refractivity contribution in [1.82, 2.24) is 15.0 Å². The topological polar surface area (TPSA) is 97.3 Å². The number of anilines is 2. The van der Waals surface area contributed by atoms with Crippen LogP contribution >= 0.6 is 0 Å². The van der Waals surface area contributed by atoms with Crippen molar-refractivity contribution in [2.24, 2.45) is 5.92 Å². The van der Waals surface area contributed by atoms with Gasteiger partial charge in [0.05, 0.1) is 24.9 Å².